The monoisotopic (exact) mass is 348 g/mol. The number of rotatable bonds is 4. The van der Waals surface area contributed by atoms with Gasteiger partial charge in [-0.3, -0.25) is 4.79 Å². The normalized spacial score (nSPS) is 10.6. The van der Waals surface area contributed by atoms with Gasteiger partial charge in [0.25, 0.3) is 5.91 Å². The van der Waals surface area contributed by atoms with Gasteiger partial charge in [0.05, 0.1) is 0 Å². The van der Waals surface area contributed by atoms with Crippen LogP contribution in [0.25, 0.3) is 22.0 Å². The van der Waals surface area contributed by atoms with E-state index in [1.54, 1.807) is 29.6 Å². The van der Waals surface area contributed by atoms with Crippen molar-refractivity contribution in [2.45, 2.75) is 0 Å². The Morgan fingerprint density at radius 3 is 2.52 bits per heavy atom. The minimum absolute atomic E-state index is 0.246. The highest BCUT2D eigenvalue weighted by Crippen LogP contribution is 2.24. The first kappa shape index (κ1) is 15.2. The molecule has 2 heterocycles. The molecular formula is C18H12N4O2S. The molecule has 2 aromatic carbocycles. The van der Waals surface area contributed by atoms with E-state index in [4.69, 9.17) is 4.42 Å². The largest absolute Gasteiger partial charge is 0.423 e. The van der Waals surface area contributed by atoms with Crippen LogP contribution in [0, 0.1) is 0 Å². The number of hydrogen-bond acceptors (Lipinski definition) is 6. The van der Waals surface area contributed by atoms with Gasteiger partial charge < -0.3 is 9.73 Å². The Labute approximate surface area is 147 Å². The Hall–Kier alpha value is -3.32. The molecule has 6 nitrogen and oxygen atoms in total. The Morgan fingerprint density at radius 1 is 1.00 bits per heavy atom. The zero-order valence-electron chi connectivity index (χ0n) is 12.9. The number of anilines is 1. The number of carbonyl (C=O) groups is 1. The maximum Gasteiger partial charge on any atom is 0.275 e. The van der Waals surface area contributed by atoms with Crippen LogP contribution in [0.4, 0.5) is 5.69 Å². The molecule has 1 N–H and O–H groups in total. The molecule has 0 aliphatic rings. The number of hydrogen-bond donors (Lipinski definition) is 1. The van der Waals surface area contributed by atoms with Gasteiger partial charge >= 0.3 is 0 Å². The lowest BCUT2D eigenvalue weighted by molar-refractivity contribution is 0.102. The Kier molecular flexibility index (Phi) is 4.05. The van der Waals surface area contributed by atoms with Gasteiger partial charge in [-0.2, -0.15) is 0 Å². The first-order valence-corrected chi connectivity index (χ1v) is 8.36. The number of benzene rings is 2. The molecule has 0 spiro atoms. The predicted molar refractivity (Wildman–Crippen MR) is 95.2 cm³/mol. The number of amides is 1. The minimum atomic E-state index is -0.246. The summed E-state index contributed by atoms with van der Waals surface area (Å²) in [4.78, 5) is 16.8. The van der Waals surface area contributed by atoms with Gasteiger partial charge in [-0.25, -0.2) is 4.98 Å². The lowest BCUT2D eigenvalue weighted by atomic mass is 10.2. The van der Waals surface area contributed by atoms with Crippen LogP contribution in [0.15, 0.2) is 70.8 Å². The molecule has 0 saturated carbocycles. The summed E-state index contributed by atoms with van der Waals surface area (Å²) in [5, 5.41) is 12.9. The van der Waals surface area contributed by atoms with Crippen molar-refractivity contribution < 1.29 is 9.21 Å². The van der Waals surface area contributed by atoms with E-state index in [-0.39, 0.29) is 5.91 Å². The summed E-state index contributed by atoms with van der Waals surface area (Å²) in [6.07, 6.45) is 1.28. The predicted octanol–water partition coefficient (Wildman–Crippen LogP) is 4.11. The molecule has 122 valence electrons. The molecule has 0 aliphatic heterocycles. The molecule has 0 unspecified atom stereocenters. The fourth-order valence-corrected chi connectivity index (χ4v) is 3.09. The van der Waals surface area contributed by atoms with Crippen molar-refractivity contribution in [3.05, 3.63) is 72.1 Å². The summed E-state index contributed by atoms with van der Waals surface area (Å²) in [7, 11) is 0. The van der Waals surface area contributed by atoms with Crippen molar-refractivity contribution in [3.8, 4) is 22.0 Å². The third kappa shape index (κ3) is 3.31. The Morgan fingerprint density at radius 2 is 1.80 bits per heavy atom. The summed E-state index contributed by atoms with van der Waals surface area (Å²) in [6.45, 7) is 0. The second-order valence-corrected chi connectivity index (χ2v) is 6.04. The quantitative estimate of drug-likeness (QED) is 0.600. The molecule has 7 heteroatoms. The molecule has 4 rings (SSSR count). The fourth-order valence-electron chi connectivity index (χ4n) is 2.28. The molecule has 4 aromatic rings. The highest BCUT2D eigenvalue weighted by molar-refractivity contribution is 7.13. The molecule has 2 aromatic heterocycles. The smallest absolute Gasteiger partial charge is 0.275 e. The van der Waals surface area contributed by atoms with Crippen molar-refractivity contribution in [2.75, 3.05) is 5.32 Å². The zero-order valence-corrected chi connectivity index (χ0v) is 13.7. The highest BCUT2D eigenvalue weighted by atomic mass is 32.1. The fraction of sp³-hybridized carbons (Fsp3) is 0. The first-order chi connectivity index (χ1) is 12.3. The average Bonchev–Trinajstić information content (AvgIpc) is 3.35. The van der Waals surface area contributed by atoms with E-state index in [1.165, 1.54) is 17.7 Å². The topological polar surface area (TPSA) is 80.9 Å². The lowest BCUT2D eigenvalue weighted by Gasteiger charge is -2.03. The number of carbonyl (C=O) groups excluding carboxylic acids is 1. The number of nitrogens with one attached hydrogen (secondary N) is 1. The Bertz CT molecular complexity index is 980. The standard InChI is InChI=1S/C18H12N4O2S/c23-16(15-10-25-18(21-15)13-4-2-1-3-5-13)20-14-8-6-12(7-9-14)17-22-19-11-24-17/h1-11H,(H,20,23). The van der Waals surface area contributed by atoms with E-state index in [0.717, 1.165) is 16.1 Å². The highest BCUT2D eigenvalue weighted by Gasteiger charge is 2.12. The minimum Gasteiger partial charge on any atom is -0.423 e. The SMILES string of the molecule is O=C(Nc1ccc(-c2nnco2)cc1)c1csc(-c2ccccc2)n1. The van der Waals surface area contributed by atoms with Gasteiger partial charge in [0.2, 0.25) is 12.3 Å². The van der Waals surface area contributed by atoms with Gasteiger partial charge in [0.1, 0.15) is 10.7 Å². The van der Waals surface area contributed by atoms with Gasteiger partial charge in [-0.05, 0) is 24.3 Å². The summed E-state index contributed by atoms with van der Waals surface area (Å²) in [5.74, 6) is 0.189. The molecular weight excluding hydrogens is 336 g/mol. The summed E-state index contributed by atoms with van der Waals surface area (Å²) in [5.41, 5.74) is 2.85. The van der Waals surface area contributed by atoms with Crippen LogP contribution in [-0.4, -0.2) is 21.1 Å². The summed E-state index contributed by atoms with van der Waals surface area (Å²) >= 11 is 1.44. The van der Waals surface area contributed by atoms with Crippen molar-refractivity contribution in [2.24, 2.45) is 0 Å². The maximum atomic E-state index is 12.4. The van der Waals surface area contributed by atoms with Gasteiger partial charge in [0, 0.05) is 22.2 Å². The lowest BCUT2D eigenvalue weighted by Crippen LogP contribution is -2.12. The Balaban J connectivity index is 1.48. The van der Waals surface area contributed by atoms with Gasteiger partial charge in [-0.15, -0.1) is 21.5 Å². The zero-order chi connectivity index (χ0) is 17.1. The van der Waals surface area contributed by atoms with Crippen molar-refractivity contribution in [1.82, 2.24) is 15.2 Å². The van der Waals surface area contributed by atoms with Crippen LogP contribution in [0.1, 0.15) is 10.5 Å². The van der Waals surface area contributed by atoms with Gasteiger partial charge in [0.15, 0.2) is 0 Å². The van der Waals surface area contributed by atoms with Crippen molar-refractivity contribution in [3.63, 3.8) is 0 Å². The number of aromatic nitrogens is 3. The van der Waals surface area contributed by atoms with Crippen LogP contribution < -0.4 is 5.32 Å². The van der Waals surface area contributed by atoms with Crippen molar-refractivity contribution >= 4 is 22.9 Å². The number of nitrogens with zero attached hydrogens (tertiary/aromatic N) is 3. The summed E-state index contributed by atoms with van der Waals surface area (Å²) in [6, 6.07) is 16.9. The average molecular weight is 348 g/mol. The molecule has 0 aliphatic carbocycles. The maximum absolute atomic E-state index is 12.4. The molecule has 0 fully saturated rings. The van der Waals surface area contributed by atoms with Crippen LogP contribution in [0.3, 0.4) is 0 Å². The number of thiazole rings is 1. The van der Waals surface area contributed by atoms with E-state index in [9.17, 15) is 4.79 Å². The van der Waals surface area contributed by atoms with E-state index >= 15 is 0 Å². The summed E-state index contributed by atoms with van der Waals surface area (Å²) < 4.78 is 5.14. The van der Waals surface area contributed by atoms with Crippen LogP contribution in [0.2, 0.25) is 0 Å². The first-order valence-electron chi connectivity index (χ1n) is 7.48. The van der Waals surface area contributed by atoms with E-state index in [2.05, 4.69) is 20.5 Å². The molecule has 0 saturated heterocycles. The third-order valence-corrected chi connectivity index (χ3v) is 4.40. The van der Waals surface area contributed by atoms with Gasteiger partial charge in [-0.1, -0.05) is 30.3 Å². The van der Waals surface area contributed by atoms with Crippen LogP contribution in [-0.2, 0) is 0 Å². The second kappa shape index (κ2) is 6.66. The second-order valence-electron chi connectivity index (χ2n) is 5.18. The van der Waals surface area contributed by atoms with Crippen molar-refractivity contribution in [1.29, 1.82) is 0 Å². The third-order valence-electron chi connectivity index (χ3n) is 3.51. The molecule has 0 radical (unpaired) electrons. The van der Waals surface area contributed by atoms with E-state index in [0.29, 0.717) is 17.3 Å². The molecule has 25 heavy (non-hydrogen) atoms. The molecule has 0 bridgehead atoms. The molecule has 1 amide bonds. The van der Waals surface area contributed by atoms with Crippen LogP contribution >= 0.6 is 11.3 Å². The van der Waals surface area contributed by atoms with Crippen LogP contribution in [0.5, 0.6) is 0 Å². The van der Waals surface area contributed by atoms with E-state index in [1.807, 2.05) is 30.3 Å². The van der Waals surface area contributed by atoms with E-state index < -0.39 is 0 Å². The molecule has 0 atom stereocenters.